The van der Waals surface area contributed by atoms with Gasteiger partial charge in [0, 0.05) is 10.8 Å². The van der Waals surface area contributed by atoms with Gasteiger partial charge in [-0.15, -0.1) is 0 Å². The summed E-state index contributed by atoms with van der Waals surface area (Å²) >= 11 is 6.51. The third-order valence-electron chi connectivity index (χ3n) is 3.68. The molecule has 2 aromatic carbocycles. The van der Waals surface area contributed by atoms with Crippen molar-refractivity contribution >= 4 is 57.7 Å². The van der Waals surface area contributed by atoms with Crippen LogP contribution in [0.4, 0.5) is 0 Å². The number of benzene rings is 2. The Morgan fingerprint density at radius 2 is 1.67 bits per heavy atom. The molecule has 21 heavy (non-hydrogen) atoms. The van der Waals surface area contributed by atoms with Gasteiger partial charge in [0.25, 0.3) is 0 Å². The van der Waals surface area contributed by atoms with E-state index in [1.54, 1.807) is 0 Å². The maximum Gasteiger partial charge on any atom is 0.165 e. The van der Waals surface area contributed by atoms with Crippen molar-refractivity contribution in [2.45, 2.75) is 0 Å². The first-order valence-corrected chi connectivity index (χ1v) is 7.00. The monoisotopic (exact) mass is 292 g/mol. The van der Waals surface area contributed by atoms with Crippen LogP contribution in [0.15, 0.2) is 42.5 Å². The number of aromatic hydroxyl groups is 1. The molecule has 0 aliphatic rings. The van der Waals surface area contributed by atoms with Crippen molar-refractivity contribution in [3.8, 4) is 5.75 Å². The second-order valence-electron chi connectivity index (χ2n) is 5.12. The second-order valence-corrected chi connectivity index (χ2v) is 5.50. The number of aromatic nitrogens is 2. The number of para-hydroxylation sites is 1. The highest BCUT2D eigenvalue weighted by atomic mass is 35.5. The third kappa shape index (κ3) is 1.76. The first-order valence-electron chi connectivity index (χ1n) is 6.62. The molecule has 2 aromatic heterocycles. The Hall–Kier alpha value is -2.33. The van der Waals surface area contributed by atoms with Gasteiger partial charge >= 0.3 is 0 Å². The van der Waals surface area contributed by atoms with Gasteiger partial charge in [0.1, 0.15) is 13.6 Å². The summed E-state index contributed by atoms with van der Waals surface area (Å²) in [5.41, 5.74) is 3.05. The summed E-state index contributed by atoms with van der Waals surface area (Å²) in [7, 11) is 2.00. The van der Waals surface area contributed by atoms with Crippen LogP contribution in [0.2, 0.25) is 5.02 Å². The zero-order valence-electron chi connectivity index (χ0n) is 11.3. The Labute approximate surface area is 126 Å². The Balaban J connectivity index is 2.28. The highest BCUT2D eigenvalue weighted by Gasteiger charge is 2.15. The zero-order valence-corrected chi connectivity index (χ0v) is 12.0. The molecular weight excluding hydrogens is 282 g/mol. The van der Waals surface area contributed by atoms with Crippen LogP contribution in [0.3, 0.4) is 0 Å². The summed E-state index contributed by atoms with van der Waals surface area (Å²) in [6.07, 6.45) is 0. The molecule has 2 heterocycles. The summed E-state index contributed by atoms with van der Waals surface area (Å²) in [4.78, 5) is 9.05. The maximum atomic E-state index is 10.6. The molecule has 0 atom stereocenters. The molecule has 3 nitrogen and oxygen atoms in total. The van der Waals surface area contributed by atoms with E-state index in [4.69, 9.17) is 11.6 Å². The summed E-state index contributed by atoms with van der Waals surface area (Å²) in [5.74, 6) is 0.136. The van der Waals surface area contributed by atoms with Gasteiger partial charge in [-0.05, 0) is 18.2 Å². The predicted octanol–water partition coefficient (Wildman–Crippen LogP) is 2.55. The lowest BCUT2D eigenvalue weighted by atomic mass is 9.94. The minimum atomic E-state index is 0.136. The molecule has 100 valence electrons. The fourth-order valence-electron chi connectivity index (χ4n) is 2.64. The van der Waals surface area contributed by atoms with Crippen molar-refractivity contribution in [1.82, 2.24) is 9.97 Å². The van der Waals surface area contributed by atoms with E-state index in [0.717, 1.165) is 16.4 Å². The van der Waals surface area contributed by atoms with Crippen molar-refractivity contribution in [3.05, 3.63) is 47.5 Å². The molecule has 5 heteroatoms. The molecule has 0 aliphatic carbocycles. The molecule has 0 radical (unpaired) electrons. The zero-order chi connectivity index (χ0) is 14.6. The van der Waals surface area contributed by atoms with Gasteiger partial charge < -0.3 is 5.11 Å². The summed E-state index contributed by atoms with van der Waals surface area (Å²) in [6.45, 7) is 0. The van der Waals surface area contributed by atoms with Gasteiger partial charge in [-0.2, -0.15) is 0 Å². The number of pyridine rings is 2. The topological polar surface area (TPSA) is 46.0 Å². The summed E-state index contributed by atoms with van der Waals surface area (Å²) in [5, 5.41) is 13.1. The van der Waals surface area contributed by atoms with E-state index >= 15 is 0 Å². The van der Waals surface area contributed by atoms with Crippen LogP contribution in [0.25, 0.3) is 32.8 Å². The van der Waals surface area contributed by atoms with Crippen molar-refractivity contribution in [2.75, 3.05) is 0 Å². The van der Waals surface area contributed by atoms with Gasteiger partial charge in [0.2, 0.25) is 0 Å². The average Bonchev–Trinajstić information content (AvgIpc) is 2.48. The number of fused-ring (bicyclic) bond motifs is 3. The number of nitrogens with zero attached hydrogens (tertiary/aromatic N) is 2. The van der Waals surface area contributed by atoms with E-state index in [0.29, 0.717) is 27.0 Å². The van der Waals surface area contributed by atoms with Crippen LogP contribution < -0.4 is 5.46 Å². The van der Waals surface area contributed by atoms with Gasteiger partial charge in [-0.1, -0.05) is 41.3 Å². The molecule has 1 N–H and O–H groups in total. The van der Waals surface area contributed by atoms with Crippen molar-refractivity contribution in [1.29, 1.82) is 0 Å². The molecule has 0 fully saturated rings. The molecule has 4 aromatic rings. The molecular formula is C16H10BClN2O. The second kappa shape index (κ2) is 4.33. The van der Waals surface area contributed by atoms with E-state index in [9.17, 15) is 5.11 Å². The van der Waals surface area contributed by atoms with E-state index < -0.39 is 0 Å². The Morgan fingerprint density at radius 1 is 0.952 bits per heavy atom. The fourth-order valence-corrected chi connectivity index (χ4v) is 2.96. The maximum absolute atomic E-state index is 10.6. The van der Waals surface area contributed by atoms with Crippen molar-refractivity contribution < 1.29 is 5.11 Å². The van der Waals surface area contributed by atoms with Gasteiger partial charge in [-0.3, -0.25) is 0 Å². The van der Waals surface area contributed by atoms with E-state index in [-0.39, 0.29) is 5.75 Å². The number of hydrogen-bond donors (Lipinski definition) is 1. The van der Waals surface area contributed by atoms with Gasteiger partial charge in [0.05, 0.1) is 21.4 Å². The normalized spacial score (nSPS) is 11.5. The van der Waals surface area contributed by atoms with Gasteiger partial charge in [0.15, 0.2) is 5.65 Å². The minimum absolute atomic E-state index is 0.136. The smallest absolute Gasteiger partial charge is 0.165 e. The molecule has 0 spiro atoms. The molecule has 0 amide bonds. The lowest BCUT2D eigenvalue weighted by Gasteiger charge is -2.09. The standard InChI is InChI=1S/C16H10BClN2O/c17-8-5-6-12-10(7-8)14(18)13-15(21)9-3-1-2-4-11(9)19-16(13)20-12/h1-7H,17H2,(H,19,20,21). The van der Waals surface area contributed by atoms with E-state index in [2.05, 4.69) is 9.97 Å². The van der Waals surface area contributed by atoms with Crippen LogP contribution >= 0.6 is 11.6 Å². The fraction of sp³-hybridized carbons (Fsp3) is 0. The molecule has 0 bridgehead atoms. The molecule has 4 rings (SSSR count). The van der Waals surface area contributed by atoms with Crippen LogP contribution in [-0.4, -0.2) is 22.9 Å². The number of rotatable bonds is 0. The third-order valence-corrected chi connectivity index (χ3v) is 4.07. The van der Waals surface area contributed by atoms with Crippen LogP contribution in [0.5, 0.6) is 5.75 Å². The van der Waals surface area contributed by atoms with Crippen molar-refractivity contribution in [3.63, 3.8) is 0 Å². The highest BCUT2D eigenvalue weighted by Crippen LogP contribution is 2.38. The summed E-state index contributed by atoms with van der Waals surface area (Å²) in [6, 6.07) is 13.3. The quantitative estimate of drug-likeness (QED) is 0.400. The Morgan fingerprint density at radius 3 is 2.48 bits per heavy atom. The Kier molecular flexibility index (Phi) is 2.56. The Bertz CT molecular complexity index is 1030. The first kappa shape index (κ1) is 12.4. The molecule has 0 saturated carbocycles. The number of hydrogen-bond acceptors (Lipinski definition) is 3. The minimum Gasteiger partial charge on any atom is -0.506 e. The average molecular weight is 293 g/mol. The molecule has 0 saturated heterocycles. The van der Waals surface area contributed by atoms with Gasteiger partial charge in [-0.25, -0.2) is 9.97 Å². The lowest BCUT2D eigenvalue weighted by molar-refractivity contribution is 0.487. The van der Waals surface area contributed by atoms with E-state index in [1.807, 2.05) is 50.3 Å². The molecule has 0 aliphatic heterocycles. The largest absolute Gasteiger partial charge is 0.506 e. The lowest BCUT2D eigenvalue weighted by Crippen LogP contribution is -2.01. The predicted molar refractivity (Wildman–Crippen MR) is 89.4 cm³/mol. The van der Waals surface area contributed by atoms with E-state index in [1.165, 1.54) is 0 Å². The highest BCUT2D eigenvalue weighted by molar-refractivity contribution is 6.42. The van der Waals surface area contributed by atoms with Crippen LogP contribution in [0.1, 0.15) is 0 Å². The van der Waals surface area contributed by atoms with Crippen LogP contribution in [0, 0.1) is 0 Å². The van der Waals surface area contributed by atoms with Crippen LogP contribution in [-0.2, 0) is 0 Å². The number of halogens is 1. The van der Waals surface area contributed by atoms with Crippen molar-refractivity contribution in [2.24, 2.45) is 0 Å². The summed E-state index contributed by atoms with van der Waals surface area (Å²) < 4.78 is 0. The SMILES string of the molecule is Bc1ccc2nc3nc4ccccc4c(O)c3c(Cl)c2c1. The first-order chi connectivity index (χ1) is 10.1. The molecule has 0 unspecified atom stereocenters.